The molecule has 0 spiro atoms. The first-order chi connectivity index (χ1) is 9.20. The molecule has 1 rings (SSSR count). The number of nitro benzene ring substituents is 1. The van der Waals surface area contributed by atoms with Gasteiger partial charge in [0.2, 0.25) is 0 Å². The average Bonchev–Trinajstić information content (AvgIpc) is 2.32. The lowest BCUT2D eigenvalue weighted by Crippen LogP contribution is -2.27. The molecule has 20 heavy (non-hydrogen) atoms. The summed E-state index contributed by atoms with van der Waals surface area (Å²) in [4.78, 5) is 21.5. The second kappa shape index (κ2) is 6.46. The largest absolute Gasteiger partial charge is 0.508 e. The summed E-state index contributed by atoms with van der Waals surface area (Å²) >= 11 is -0.314. The zero-order valence-electron chi connectivity index (χ0n) is 9.81. The number of rotatable bonds is 5. The van der Waals surface area contributed by atoms with Gasteiger partial charge in [0.25, 0.3) is 11.6 Å². The summed E-state index contributed by atoms with van der Waals surface area (Å²) in [7, 11) is 0. The van der Waals surface area contributed by atoms with E-state index in [1.54, 1.807) is 0 Å². The molecule has 0 radical (unpaired) electrons. The first kappa shape index (κ1) is 16.1. The molecular formula is C10H9F3N2O4S. The number of phenolic OH excluding ortho intramolecular Hbond substituents is 1. The van der Waals surface area contributed by atoms with Crippen LogP contribution in [0.2, 0.25) is 0 Å². The van der Waals surface area contributed by atoms with Crippen molar-refractivity contribution in [3.63, 3.8) is 0 Å². The van der Waals surface area contributed by atoms with Crippen LogP contribution in [0.15, 0.2) is 18.2 Å². The van der Waals surface area contributed by atoms with Crippen molar-refractivity contribution in [1.82, 2.24) is 5.32 Å². The first-order valence-corrected chi connectivity index (χ1v) is 6.15. The maximum absolute atomic E-state index is 11.9. The summed E-state index contributed by atoms with van der Waals surface area (Å²) in [6.07, 6.45) is 0. The number of alkyl halides is 3. The van der Waals surface area contributed by atoms with Gasteiger partial charge in [0.15, 0.2) is 0 Å². The standard InChI is InChI=1S/C10H9F3N2O4S/c11-10(12,13)20-4-3-14-9(17)7-5-6(16)1-2-8(7)15(18)19/h1-2,5,16H,3-4H2,(H,14,17). The molecule has 0 atom stereocenters. The number of nitrogens with one attached hydrogen (secondary N) is 1. The van der Waals surface area contributed by atoms with Gasteiger partial charge in [0.05, 0.1) is 4.92 Å². The van der Waals surface area contributed by atoms with Crippen molar-refractivity contribution in [3.05, 3.63) is 33.9 Å². The fourth-order valence-corrected chi connectivity index (χ4v) is 1.73. The number of thioether (sulfide) groups is 1. The Morgan fingerprint density at radius 3 is 2.65 bits per heavy atom. The number of amides is 1. The number of benzene rings is 1. The summed E-state index contributed by atoms with van der Waals surface area (Å²) in [5.74, 6) is -1.69. The third kappa shape index (κ3) is 4.96. The molecule has 110 valence electrons. The van der Waals surface area contributed by atoms with E-state index in [0.717, 1.165) is 18.2 Å². The quantitative estimate of drug-likeness (QED) is 0.494. The highest BCUT2D eigenvalue weighted by molar-refractivity contribution is 8.00. The molecule has 0 aliphatic rings. The average molecular weight is 310 g/mol. The van der Waals surface area contributed by atoms with Crippen LogP contribution in [0.1, 0.15) is 10.4 Å². The van der Waals surface area contributed by atoms with Crippen LogP contribution in [0.25, 0.3) is 0 Å². The van der Waals surface area contributed by atoms with Gasteiger partial charge in [-0.1, -0.05) is 0 Å². The van der Waals surface area contributed by atoms with Crippen molar-refractivity contribution in [1.29, 1.82) is 0 Å². The molecule has 0 aliphatic carbocycles. The van der Waals surface area contributed by atoms with E-state index in [4.69, 9.17) is 0 Å². The number of halogens is 3. The Bertz CT molecular complexity index is 522. The number of nitrogens with zero attached hydrogens (tertiary/aromatic N) is 1. The van der Waals surface area contributed by atoms with Crippen molar-refractivity contribution in [2.75, 3.05) is 12.3 Å². The first-order valence-electron chi connectivity index (χ1n) is 5.17. The molecule has 1 aromatic carbocycles. The Labute approximate surface area is 115 Å². The molecule has 0 saturated heterocycles. The molecular weight excluding hydrogens is 301 g/mol. The summed E-state index contributed by atoms with van der Waals surface area (Å²) in [5.41, 5.74) is -5.35. The summed E-state index contributed by atoms with van der Waals surface area (Å²) in [5, 5.41) is 22.0. The number of carbonyl (C=O) groups is 1. The Kier molecular flexibility index (Phi) is 5.19. The smallest absolute Gasteiger partial charge is 0.441 e. The van der Waals surface area contributed by atoms with Crippen LogP contribution in [0.3, 0.4) is 0 Å². The maximum Gasteiger partial charge on any atom is 0.441 e. The highest BCUT2D eigenvalue weighted by Crippen LogP contribution is 2.29. The molecule has 1 amide bonds. The zero-order chi connectivity index (χ0) is 15.3. The minimum absolute atomic E-state index is 0.310. The van der Waals surface area contributed by atoms with Crippen LogP contribution < -0.4 is 5.32 Å². The molecule has 2 N–H and O–H groups in total. The maximum atomic E-state index is 11.9. The molecule has 1 aromatic rings. The SMILES string of the molecule is O=C(NCCSC(F)(F)F)c1cc(O)ccc1[N+](=O)[O-]. The van der Waals surface area contributed by atoms with Gasteiger partial charge >= 0.3 is 5.51 Å². The number of carbonyl (C=O) groups excluding carboxylic acids is 1. The lowest BCUT2D eigenvalue weighted by molar-refractivity contribution is -0.385. The Morgan fingerprint density at radius 2 is 2.10 bits per heavy atom. The fourth-order valence-electron chi connectivity index (χ4n) is 1.29. The zero-order valence-corrected chi connectivity index (χ0v) is 10.6. The van der Waals surface area contributed by atoms with Crippen molar-refractivity contribution in [2.24, 2.45) is 0 Å². The van der Waals surface area contributed by atoms with Gasteiger partial charge in [-0.15, -0.1) is 0 Å². The minimum Gasteiger partial charge on any atom is -0.508 e. The van der Waals surface area contributed by atoms with Crippen molar-refractivity contribution >= 4 is 23.4 Å². The van der Waals surface area contributed by atoms with E-state index < -0.39 is 33.3 Å². The lowest BCUT2D eigenvalue weighted by atomic mass is 10.1. The van der Waals surface area contributed by atoms with Gasteiger partial charge in [-0.3, -0.25) is 14.9 Å². The van der Waals surface area contributed by atoms with E-state index in [-0.39, 0.29) is 24.1 Å². The van der Waals surface area contributed by atoms with Crippen molar-refractivity contribution < 1.29 is 28.0 Å². The Balaban J connectivity index is 2.68. The van der Waals surface area contributed by atoms with Crippen molar-refractivity contribution in [3.8, 4) is 5.75 Å². The number of hydrogen-bond donors (Lipinski definition) is 2. The van der Waals surface area contributed by atoms with E-state index in [1.807, 2.05) is 0 Å². The number of hydrogen-bond acceptors (Lipinski definition) is 5. The topological polar surface area (TPSA) is 92.5 Å². The summed E-state index contributed by atoms with van der Waals surface area (Å²) in [6, 6.07) is 2.85. The molecule has 0 aromatic heterocycles. The molecule has 6 nitrogen and oxygen atoms in total. The third-order valence-electron chi connectivity index (χ3n) is 2.07. The predicted octanol–water partition coefficient (Wildman–Crippen LogP) is 2.28. The van der Waals surface area contributed by atoms with Gasteiger partial charge < -0.3 is 10.4 Å². The van der Waals surface area contributed by atoms with E-state index in [1.165, 1.54) is 0 Å². The fraction of sp³-hybridized carbons (Fsp3) is 0.300. The molecule has 0 aliphatic heterocycles. The number of phenols is 1. The highest BCUT2D eigenvalue weighted by atomic mass is 32.2. The van der Waals surface area contributed by atoms with E-state index in [2.05, 4.69) is 5.32 Å². The second-order valence-electron chi connectivity index (χ2n) is 3.51. The monoisotopic (exact) mass is 310 g/mol. The van der Waals surface area contributed by atoms with Crippen LogP contribution >= 0.6 is 11.8 Å². The highest BCUT2D eigenvalue weighted by Gasteiger charge is 2.27. The number of aromatic hydroxyl groups is 1. The van der Waals surface area contributed by atoms with E-state index in [0.29, 0.717) is 0 Å². The number of nitro groups is 1. The van der Waals surface area contributed by atoms with Crippen LogP contribution in [0.4, 0.5) is 18.9 Å². The normalized spacial score (nSPS) is 11.2. The molecule has 0 bridgehead atoms. The molecule has 0 saturated carbocycles. The Morgan fingerprint density at radius 1 is 1.45 bits per heavy atom. The molecule has 10 heteroatoms. The van der Waals surface area contributed by atoms with Gasteiger partial charge in [-0.05, 0) is 23.9 Å². The van der Waals surface area contributed by atoms with E-state index >= 15 is 0 Å². The molecule has 0 unspecified atom stereocenters. The third-order valence-corrected chi connectivity index (χ3v) is 2.81. The molecule has 0 fully saturated rings. The van der Waals surface area contributed by atoms with Gasteiger partial charge in [0, 0.05) is 18.4 Å². The van der Waals surface area contributed by atoms with Crippen LogP contribution in [0.5, 0.6) is 5.75 Å². The van der Waals surface area contributed by atoms with Gasteiger partial charge in [0.1, 0.15) is 11.3 Å². The molecule has 0 heterocycles. The van der Waals surface area contributed by atoms with Crippen molar-refractivity contribution in [2.45, 2.75) is 5.51 Å². The van der Waals surface area contributed by atoms with Crippen LogP contribution in [-0.4, -0.2) is 33.7 Å². The second-order valence-corrected chi connectivity index (χ2v) is 4.67. The van der Waals surface area contributed by atoms with Gasteiger partial charge in [-0.25, -0.2) is 0 Å². The lowest BCUT2D eigenvalue weighted by Gasteiger charge is -2.07. The minimum atomic E-state index is -4.40. The summed E-state index contributed by atoms with van der Waals surface area (Å²) in [6.45, 7) is -0.310. The summed E-state index contributed by atoms with van der Waals surface area (Å²) < 4.78 is 35.6. The predicted molar refractivity (Wildman–Crippen MR) is 65.6 cm³/mol. The van der Waals surface area contributed by atoms with Crippen LogP contribution in [-0.2, 0) is 0 Å². The van der Waals surface area contributed by atoms with E-state index in [9.17, 15) is 33.2 Å². The van der Waals surface area contributed by atoms with Crippen LogP contribution in [0, 0.1) is 10.1 Å². The Hall–Kier alpha value is -1.97. The van der Waals surface area contributed by atoms with Gasteiger partial charge in [-0.2, -0.15) is 13.2 Å².